The van der Waals surface area contributed by atoms with Gasteiger partial charge in [-0.1, -0.05) is 0 Å². The monoisotopic (exact) mass is 282 g/mol. The Morgan fingerprint density at radius 1 is 1.33 bits per heavy atom. The Bertz CT molecular complexity index is 314. The second kappa shape index (κ2) is 5.34. The molecule has 1 N–H and O–H groups in total. The number of nitrogens with zero attached hydrogens (tertiary/aromatic N) is 1. The van der Waals surface area contributed by atoms with E-state index >= 15 is 0 Å². The summed E-state index contributed by atoms with van der Waals surface area (Å²) in [5, 5.41) is 2.87. The SMILES string of the molecule is FC(F)(F)CCCNc1cncc(Br)c1. The molecule has 0 aliphatic rings. The quantitative estimate of drug-likeness (QED) is 0.854. The Morgan fingerprint density at radius 3 is 2.67 bits per heavy atom. The molecular weight excluding hydrogens is 273 g/mol. The van der Waals surface area contributed by atoms with E-state index < -0.39 is 12.6 Å². The van der Waals surface area contributed by atoms with Gasteiger partial charge in [0.05, 0.1) is 11.9 Å². The standard InChI is InChI=1S/C9H10BrF3N2/c10-7-4-8(6-14-5-7)15-3-1-2-9(11,12)13/h4-6,15H,1-3H2. The number of aromatic nitrogens is 1. The first-order chi connectivity index (χ1) is 6.97. The molecule has 2 nitrogen and oxygen atoms in total. The molecule has 0 aromatic carbocycles. The van der Waals surface area contributed by atoms with Crippen LogP contribution in [0, 0.1) is 0 Å². The lowest BCUT2D eigenvalue weighted by atomic mass is 10.3. The van der Waals surface area contributed by atoms with E-state index in [-0.39, 0.29) is 13.0 Å². The number of hydrogen-bond donors (Lipinski definition) is 1. The lowest BCUT2D eigenvalue weighted by molar-refractivity contribution is -0.134. The summed E-state index contributed by atoms with van der Waals surface area (Å²) < 4.78 is 36.2. The summed E-state index contributed by atoms with van der Waals surface area (Å²) in [5.74, 6) is 0. The number of hydrogen-bond acceptors (Lipinski definition) is 2. The van der Waals surface area contributed by atoms with E-state index in [9.17, 15) is 13.2 Å². The molecule has 0 saturated carbocycles. The number of pyridine rings is 1. The normalized spacial score (nSPS) is 11.5. The Kier molecular flexibility index (Phi) is 4.38. The zero-order valence-electron chi connectivity index (χ0n) is 7.81. The molecule has 0 radical (unpaired) electrons. The average molecular weight is 283 g/mol. The Balaban J connectivity index is 2.26. The third-order valence-electron chi connectivity index (χ3n) is 1.67. The number of alkyl halides is 3. The van der Waals surface area contributed by atoms with Crippen LogP contribution in [-0.4, -0.2) is 17.7 Å². The van der Waals surface area contributed by atoms with Crippen LogP contribution in [0.5, 0.6) is 0 Å². The Morgan fingerprint density at radius 2 is 2.07 bits per heavy atom. The molecular formula is C9H10BrF3N2. The van der Waals surface area contributed by atoms with E-state index in [1.165, 1.54) is 0 Å². The minimum atomic E-state index is -4.07. The summed E-state index contributed by atoms with van der Waals surface area (Å²) in [7, 11) is 0. The minimum Gasteiger partial charge on any atom is -0.384 e. The molecule has 0 amide bonds. The first-order valence-corrected chi connectivity index (χ1v) is 5.18. The summed E-state index contributed by atoms with van der Waals surface area (Å²) in [6, 6.07) is 1.76. The van der Waals surface area contributed by atoms with Crippen molar-refractivity contribution < 1.29 is 13.2 Å². The van der Waals surface area contributed by atoms with Gasteiger partial charge in [0.2, 0.25) is 0 Å². The number of halogens is 4. The Labute approximate surface area is 94.0 Å². The summed E-state index contributed by atoms with van der Waals surface area (Å²) in [6.07, 6.45) is -1.59. The second-order valence-electron chi connectivity index (χ2n) is 3.04. The molecule has 1 aromatic rings. The largest absolute Gasteiger partial charge is 0.389 e. The fourth-order valence-electron chi connectivity index (χ4n) is 1.03. The van der Waals surface area contributed by atoms with Gasteiger partial charge in [0.25, 0.3) is 0 Å². The van der Waals surface area contributed by atoms with Crippen molar-refractivity contribution in [1.29, 1.82) is 0 Å². The van der Waals surface area contributed by atoms with E-state index in [1.54, 1.807) is 18.5 Å². The lowest BCUT2D eigenvalue weighted by Crippen LogP contribution is -2.10. The van der Waals surface area contributed by atoms with Crippen molar-refractivity contribution >= 4 is 21.6 Å². The first kappa shape index (κ1) is 12.3. The summed E-state index contributed by atoms with van der Waals surface area (Å²) in [6.45, 7) is 0.289. The molecule has 84 valence electrons. The van der Waals surface area contributed by atoms with Crippen molar-refractivity contribution in [2.75, 3.05) is 11.9 Å². The number of nitrogens with one attached hydrogen (secondary N) is 1. The maximum absolute atomic E-state index is 11.8. The maximum atomic E-state index is 11.8. The second-order valence-corrected chi connectivity index (χ2v) is 3.95. The highest BCUT2D eigenvalue weighted by atomic mass is 79.9. The molecule has 1 heterocycles. The van der Waals surface area contributed by atoms with Gasteiger partial charge in [0.1, 0.15) is 0 Å². The molecule has 6 heteroatoms. The maximum Gasteiger partial charge on any atom is 0.389 e. The van der Waals surface area contributed by atoms with Crippen LogP contribution in [0.2, 0.25) is 0 Å². The Hall–Kier alpha value is -0.780. The van der Waals surface area contributed by atoms with Crippen molar-refractivity contribution in [2.45, 2.75) is 19.0 Å². The number of rotatable bonds is 4. The highest BCUT2D eigenvalue weighted by Gasteiger charge is 2.25. The van der Waals surface area contributed by atoms with Crippen LogP contribution in [-0.2, 0) is 0 Å². The molecule has 15 heavy (non-hydrogen) atoms. The van der Waals surface area contributed by atoms with Crippen LogP contribution in [0.25, 0.3) is 0 Å². The zero-order chi connectivity index (χ0) is 11.3. The molecule has 0 atom stereocenters. The van der Waals surface area contributed by atoms with Crippen molar-refractivity contribution in [3.63, 3.8) is 0 Å². The van der Waals surface area contributed by atoms with Gasteiger partial charge in [-0.3, -0.25) is 4.98 Å². The van der Waals surface area contributed by atoms with Crippen LogP contribution in [0.4, 0.5) is 18.9 Å². The van der Waals surface area contributed by atoms with Crippen LogP contribution in [0.15, 0.2) is 22.9 Å². The fraction of sp³-hybridized carbons (Fsp3) is 0.444. The lowest BCUT2D eigenvalue weighted by Gasteiger charge is -2.08. The van der Waals surface area contributed by atoms with Gasteiger partial charge >= 0.3 is 6.18 Å². The molecule has 0 aliphatic heterocycles. The van der Waals surface area contributed by atoms with Gasteiger partial charge in [-0.15, -0.1) is 0 Å². The molecule has 0 spiro atoms. The number of anilines is 1. The van der Waals surface area contributed by atoms with Gasteiger partial charge in [-0.2, -0.15) is 13.2 Å². The highest BCUT2D eigenvalue weighted by molar-refractivity contribution is 9.10. The van der Waals surface area contributed by atoms with Gasteiger partial charge in [0.15, 0.2) is 0 Å². The van der Waals surface area contributed by atoms with E-state index in [1.807, 2.05) is 0 Å². The third kappa shape index (κ3) is 5.61. The van der Waals surface area contributed by atoms with Gasteiger partial charge < -0.3 is 5.32 Å². The van der Waals surface area contributed by atoms with Crippen LogP contribution in [0.1, 0.15) is 12.8 Å². The first-order valence-electron chi connectivity index (χ1n) is 4.38. The molecule has 1 rings (SSSR count). The van der Waals surface area contributed by atoms with E-state index in [4.69, 9.17) is 0 Å². The predicted octanol–water partition coefficient (Wildman–Crippen LogP) is 3.60. The molecule has 0 fully saturated rings. The van der Waals surface area contributed by atoms with Crippen molar-refractivity contribution in [3.05, 3.63) is 22.9 Å². The zero-order valence-corrected chi connectivity index (χ0v) is 9.40. The summed E-state index contributed by atoms with van der Waals surface area (Å²) >= 11 is 3.22. The topological polar surface area (TPSA) is 24.9 Å². The van der Waals surface area contributed by atoms with Gasteiger partial charge in [-0.05, 0) is 28.4 Å². The van der Waals surface area contributed by atoms with Crippen molar-refractivity contribution in [1.82, 2.24) is 4.98 Å². The van der Waals surface area contributed by atoms with Crippen LogP contribution < -0.4 is 5.32 Å². The molecule has 0 aliphatic carbocycles. The van der Waals surface area contributed by atoms with Crippen LogP contribution in [0.3, 0.4) is 0 Å². The minimum absolute atomic E-state index is 0.0655. The predicted molar refractivity (Wildman–Crippen MR) is 55.7 cm³/mol. The average Bonchev–Trinajstić information content (AvgIpc) is 2.11. The van der Waals surface area contributed by atoms with Crippen LogP contribution >= 0.6 is 15.9 Å². The van der Waals surface area contributed by atoms with E-state index in [2.05, 4.69) is 26.2 Å². The molecule has 0 saturated heterocycles. The van der Waals surface area contributed by atoms with Crippen molar-refractivity contribution in [2.24, 2.45) is 0 Å². The molecule has 0 unspecified atom stereocenters. The van der Waals surface area contributed by atoms with Gasteiger partial charge in [0, 0.05) is 23.6 Å². The summed E-state index contributed by atoms with van der Waals surface area (Å²) in [5.41, 5.74) is 0.714. The van der Waals surface area contributed by atoms with E-state index in [0.717, 1.165) is 4.47 Å². The fourth-order valence-corrected chi connectivity index (χ4v) is 1.39. The van der Waals surface area contributed by atoms with E-state index in [0.29, 0.717) is 5.69 Å². The molecule has 1 aromatic heterocycles. The smallest absolute Gasteiger partial charge is 0.384 e. The highest BCUT2D eigenvalue weighted by Crippen LogP contribution is 2.21. The molecule has 0 bridgehead atoms. The third-order valence-corrected chi connectivity index (χ3v) is 2.10. The van der Waals surface area contributed by atoms with Crippen molar-refractivity contribution in [3.8, 4) is 0 Å². The summed E-state index contributed by atoms with van der Waals surface area (Å²) in [4.78, 5) is 3.88. The van der Waals surface area contributed by atoms with Gasteiger partial charge in [-0.25, -0.2) is 0 Å².